The lowest BCUT2D eigenvalue weighted by atomic mass is 9.82. The number of anilines is 1. The molecule has 21 heavy (non-hydrogen) atoms. The highest BCUT2D eigenvalue weighted by Gasteiger charge is 2.36. The summed E-state index contributed by atoms with van der Waals surface area (Å²) in [6.07, 6.45) is 7.44. The molecule has 2 unspecified atom stereocenters. The Balaban J connectivity index is 1.69. The lowest BCUT2D eigenvalue weighted by Crippen LogP contribution is -2.55. The van der Waals surface area contributed by atoms with Gasteiger partial charge < -0.3 is 16.0 Å². The largest absolute Gasteiger partial charge is 0.396 e. The highest BCUT2D eigenvalue weighted by atomic mass is 16.2. The van der Waals surface area contributed by atoms with Gasteiger partial charge in [-0.25, -0.2) is 0 Å². The van der Waals surface area contributed by atoms with E-state index in [9.17, 15) is 4.79 Å². The van der Waals surface area contributed by atoms with Crippen LogP contribution < -0.4 is 11.1 Å². The fourth-order valence-electron chi connectivity index (χ4n) is 3.88. The SMILES string of the molecule is CCn1ncc(N)c1C(=O)NC1CC2CCCC(C1)N2C. The van der Waals surface area contributed by atoms with E-state index >= 15 is 0 Å². The van der Waals surface area contributed by atoms with Gasteiger partial charge in [0, 0.05) is 24.7 Å². The van der Waals surface area contributed by atoms with Gasteiger partial charge in [-0.15, -0.1) is 0 Å². The molecule has 0 radical (unpaired) electrons. The zero-order valence-electron chi connectivity index (χ0n) is 12.9. The average molecular weight is 291 g/mol. The molecule has 0 aliphatic carbocycles. The number of nitrogen functional groups attached to an aromatic ring is 1. The van der Waals surface area contributed by atoms with Gasteiger partial charge in [0.05, 0.1) is 11.9 Å². The molecule has 0 saturated carbocycles. The van der Waals surface area contributed by atoms with Crippen LogP contribution in [0.25, 0.3) is 0 Å². The van der Waals surface area contributed by atoms with Gasteiger partial charge in [0.25, 0.3) is 5.91 Å². The lowest BCUT2D eigenvalue weighted by molar-refractivity contribution is 0.0461. The van der Waals surface area contributed by atoms with Crippen LogP contribution in [0.2, 0.25) is 0 Å². The maximum atomic E-state index is 12.5. The third-order valence-electron chi connectivity index (χ3n) is 5.06. The third-order valence-corrected chi connectivity index (χ3v) is 5.06. The molecule has 1 amide bonds. The van der Waals surface area contributed by atoms with Crippen molar-refractivity contribution in [2.45, 2.75) is 63.7 Å². The third kappa shape index (κ3) is 2.64. The van der Waals surface area contributed by atoms with Crippen molar-refractivity contribution in [3.8, 4) is 0 Å². The summed E-state index contributed by atoms with van der Waals surface area (Å²) in [6.45, 7) is 2.61. The molecule has 2 aliphatic rings. The van der Waals surface area contributed by atoms with Gasteiger partial charge in [-0.2, -0.15) is 5.10 Å². The molecule has 2 bridgehead atoms. The smallest absolute Gasteiger partial charge is 0.271 e. The maximum Gasteiger partial charge on any atom is 0.271 e. The Morgan fingerprint density at radius 3 is 2.71 bits per heavy atom. The van der Waals surface area contributed by atoms with Crippen LogP contribution in [-0.2, 0) is 6.54 Å². The number of piperidine rings is 2. The molecule has 2 saturated heterocycles. The van der Waals surface area contributed by atoms with Crippen molar-refractivity contribution in [2.75, 3.05) is 12.8 Å². The molecular formula is C15H25N5O. The Labute approximate surface area is 125 Å². The Bertz CT molecular complexity index is 512. The lowest BCUT2D eigenvalue weighted by Gasteiger charge is -2.47. The predicted molar refractivity (Wildman–Crippen MR) is 82.0 cm³/mol. The van der Waals surface area contributed by atoms with Crippen LogP contribution in [0.1, 0.15) is 49.5 Å². The molecule has 1 aromatic rings. The van der Waals surface area contributed by atoms with E-state index < -0.39 is 0 Å². The van der Waals surface area contributed by atoms with Crippen molar-refractivity contribution in [1.29, 1.82) is 0 Å². The van der Waals surface area contributed by atoms with E-state index in [1.165, 1.54) is 19.3 Å². The van der Waals surface area contributed by atoms with Gasteiger partial charge in [0.1, 0.15) is 5.69 Å². The molecule has 6 nitrogen and oxygen atoms in total. The van der Waals surface area contributed by atoms with Crippen LogP contribution >= 0.6 is 0 Å². The topological polar surface area (TPSA) is 76.2 Å². The molecule has 6 heteroatoms. The number of hydrogen-bond acceptors (Lipinski definition) is 4. The van der Waals surface area contributed by atoms with Crippen LogP contribution in [0.3, 0.4) is 0 Å². The second kappa shape index (κ2) is 5.67. The maximum absolute atomic E-state index is 12.5. The minimum Gasteiger partial charge on any atom is -0.396 e. The first-order valence-electron chi connectivity index (χ1n) is 7.94. The number of aryl methyl sites for hydroxylation is 1. The summed E-state index contributed by atoms with van der Waals surface area (Å²) in [6, 6.07) is 1.47. The Morgan fingerprint density at radius 2 is 2.10 bits per heavy atom. The molecule has 2 fully saturated rings. The number of amides is 1. The minimum absolute atomic E-state index is 0.0838. The number of nitrogens with one attached hydrogen (secondary N) is 1. The van der Waals surface area contributed by atoms with Crippen LogP contribution in [0, 0.1) is 0 Å². The second-order valence-corrected chi connectivity index (χ2v) is 6.31. The first kappa shape index (κ1) is 14.4. The fourth-order valence-corrected chi connectivity index (χ4v) is 3.88. The minimum atomic E-state index is -0.0838. The van der Waals surface area contributed by atoms with Crippen molar-refractivity contribution in [3.05, 3.63) is 11.9 Å². The number of carbonyl (C=O) groups is 1. The zero-order chi connectivity index (χ0) is 15.0. The first-order chi connectivity index (χ1) is 10.1. The summed E-state index contributed by atoms with van der Waals surface area (Å²) in [7, 11) is 2.22. The van der Waals surface area contributed by atoms with E-state index in [1.54, 1.807) is 10.9 Å². The van der Waals surface area contributed by atoms with Crippen molar-refractivity contribution in [1.82, 2.24) is 20.0 Å². The number of fused-ring (bicyclic) bond motifs is 2. The van der Waals surface area contributed by atoms with Crippen LogP contribution in [0.5, 0.6) is 0 Å². The molecule has 3 N–H and O–H groups in total. The summed E-state index contributed by atoms with van der Waals surface area (Å²) in [5, 5.41) is 7.32. The number of hydrogen-bond donors (Lipinski definition) is 2. The highest BCUT2D eigenvalue weighted by Crippen LogP contribution is 2.32. The average Bonchev–Trinajstić information content (AvgIpc) is 2.81. The molecule has 3 heterocycles. The monoisotopic (exact) mass is 291 g/mol. The number of nitrogens with two attached hydrogens (primary N) is 1. The summed E-state index contributed by atoms with van der Waals surface area (Å²) in [5.74, 6) is -0.0838. The van der Waals surface area contributed by atoms with Gasteiger partial charge in [-0.3, -0.25) is 9.48 Å². The van der Waals surface area contributed by atoms with Crippen molar-refractivity contribution in [3.63, 3.8) is 0 Å². The van der Waals surface area contributed by atoms with E-state index in [0.29, 0.717) is 30.0 Å². The normalized spacial score (nSPS) is 29.3. The number of nitrogens with zero attached hydrogens (tertiary/aromatic N) is 3. The van der Waals surface area contributed by atoms with E-state index in [-0.39, 0.29) is 11.9 Å². The van der Waals surface area contributed by atoms with Gasteiger partial charge in [0.15, 0.2) is 0 Å². The molecule has 116 valence electrons. The van der Waals surface area contributed by atoms with E-state index in [2.05, 4.69) is 22.4 Å². The summed E-state index contributed by atoms with van der Waals surface area (Å²) in [4.78, 5) is 15.0. The van der Waals surface area contributed by atoms with Crippen molar-refractivity contribution >= 4 is 11.6 Å². The standard InChI is InChI=1S/C15H25N5O/c1-3-20-14(13(16)9-17-20)15(21)18-10-7-11-5-4-6-12(8-10)19(11)2/h9-12H,3-8,16H2,1-2H3,(H,18,21). The molecular weight excluding hydrogens is 266 g/mol. The van der Waals surface area contributed by atoms with Gasteiger partial charge in [-0.1, -0.05) is 6.42 Å². The number of aromatic nitrogens is 2. The van der Waals surface area contributed by atoms with Crippen molar-refractivity contribution < 1.29 is 4.79 Å². The van der Waals surface area contributed by atoms with Gasteiger partial charge in [-0.05, 0) is 39.7 Å². The highest BCUT2D eigenvalue weighted by molar-refractivity contribution is 5.97. The first-order valence-corrected chi connectivity index (χ1v) is 7.94. The quantitative estimate of drug-likeness (QED) is 0.878. The number of carbonyl (C=O) groups excluding carboxylic acids is 1. The van der Waals surface area contributed by atoms with Crippen LogP contribution in [0.4, 0.5) is 5.69 Å². The molecule has 0 aromatic carbocycles. The Morgan fingerprint density at radius 1 is 1.43 bits per heavy atom. The van der Waals surface area contributed by atoms with E-state index in [0.717, 1.165) is 12.8 Å². The Hall–Kier alpha value is -1.56. The second-order valence-electron chi connectivity index (χ2n) is 6.31. The van der Waals surface area contributed by atoms with Crippen LogP contribution in [0.15, 0.2) is 6.20 Å². The summed E-state index contributed by atoms with van der Waals surface area (Å²) in [5.41, 5.74) is 6.85. The predicted octanol–water partition coefficient (Wildman–Crippen LogP) is 1.23. The summed E-state index contributed by atoms with van der Waals surface area (Å²) >= 11 is 0. The molecule has 2 aliphatic heterocycles. The molecule has 0 spiro atoms. The Kier molecular flexibility index (Phi) is 3.89. The number of rotatable bonds is 3. The van der Waals surface area contributed by atoms with Gasteiger partial charge in [0.2, 0.25) is 0 Å². The summed E-state index contributed by atoms with van der Waals surface area (Å²) < 4.78 is 1.67. The van der Waals surface area contributed by atoms with Gasteiger partial charge >= 0.3 is 0 Å². The van der Waals surface area contributed by atoms with Crippen molar-refractivity contribution in [2.24, 2.45) is 0 Å². The molecule has 2 atom stereocenters. The van der Waals surface area contributed by atoms with E-state index in [1.807, 2.05) is 6.92 Å². The van der Waals surface area contributed by atoms with E-state index in [4.69, 9.17) is 5.73 Å². The molecule has 3 rings (SSSR count). The van der Waals surface area contributed by atoms with Crippen LogP contribution in [-0.4, -0.2) is 45.8 Å². The molecule has 1 aromatic heterocycles. The zero-order valence-corrected chi connectivity index (χ0v) is 12.9. The fraction of sp³-hybridized carbons (Fsp3) is 0.733.